The molecule has 0 aliphatic rings. The van der Waals surface area contributed by atoms with Gasteiger partial charge in [-0.15, -0.1) is 0 Å². The summed E-state index contributed by atoms with van der Waals surface area (Å²) in [6.45, 7) is 1.89. The Morgan fingerprint density at radius 2 is 2.21 bits per heavy atom. The summed E-state index contributed by atoms with van der Waals surface area (Å²) < 4.78 is 14.4. The molecule has 0 radical (unpaired) electrons. The lowest BCUT2D eigenvalue weighted by Crippen LogP contribution is -1.87. The first-order chi connectivity index (χ1) is 6.66. The monoisotopic (exact) mass is 302 g/mol. The molecule has 0 fully saturated rings. The van der Waals surface area contributed by atoms with Gasteiger partial charge in [0, 0.05) is 15.5 Å². The minimum absolute atomic E-state index is 0.250. The lowest BCUT2D eigenvalue weighted by Gasteiger charge is -1.99. The van der Waals surface area contributed by atoms with E-state index in [4.69, 9.17) is 0 Å². The summed E-state index contributed by atoms with van der Waals surface area (Å²) in [5.41, 5.74) is 1.45. The molecule has 4 heteroatoms. The third-order valence-electron chi connectivity index (χ3n) is 1.89. The first kappa shape index (κ1) is 9.64. The van der Waals surface area contributed by atoms with Crippen LogP contribution in [-0.4, -0.2) is 9.97 Å². The SMILES string of the molecule is Cc1cnc(-c2cc(I)ccc2F)[nH]1. The minimum Gasteiger partial charge on any atom is -0.342 e. The van der Waals surface area contributed by atoms with Gasteiger partial charge in [0.25, 0.3) is 0 Å². The van der Waals surface area contributed by atoms with E-state index in [1.54, 1.807) is 18.3 Å². The predicted octanol–water partition coefficient (Wildman–Crippen LogP) is 3.13. The van der Waals surface area contributed by atoms with Crippen molar-refractivity contribution in [1.82, 2.24) is 9.97 Å². The van der Waals surface area contributed by atoms with Gasteiger partial charge < -0.3 is 4.98 Å². The van der Waals surface area contributed by atoms with Gasteiger partial charge in [-0.1, -0.05) is 0 Å². The van der Waals surface area contributed by atoms with E-state index in [1.165, 1.54) is 6.07 Å². The number of aromatic nitrogens is 2. The molecular weight excluding hydrogens is 294 g/mol. The maximum atomic E-state index is 13.4. The molecule has 14 heavy (non-hydrogen) atoms. The minimum atomic E-state index is -0.250. The zero-order valence-electron chi connectivity index (χ0n) is 7.51. The van der Waals surface area contributed by atoms with Crippen LogP contribution >= 0.6 is 22.6 Å². The Morgan fingerprint density at radius 3 is 2.86 bits per heavy atom. The summed E-state index contributed by atoms with van der Waals surface area (Å²) in [6.07, 6.45) is 1.69. The predicted molar refractivity (Wildman–Crippen MR) is 61.4 cm³/mol. The van der Waals surface area contributed by atoms with Crippen molar-refractivity contribution in [3.63, 3.8) is 0 Å². The highest BCUT2D eigenvalue weighted by Gasteiger charge is 2.07. The Kier molecular flexibility index (Phi) is 2.54. The van der Waals surface area contributed by atoms with Gasteiger partial charge >= 0.3 is 0 Å². The van der Waals surface area contributed by atoms with Crippen LogP contribution in [0.3, 0.4) is 0 Å². The summed E-state index contributed by atoms with van der Waals surface area (Å²) in [6, 6.07) is 4.96. The summed E-state index contributed by atoms with van der Waals surface area (Å²) in [5, 5.41) is 0. The summed E-state index contributed by atoms with van der Waals surface area (Å²) in [7, 11) is 0. The number of nitrogens with one attached hydrogen (secondary N) is 1. The molecule has 0 amide bonds. The van der Waals surface area contributed by atoms with Crippen molar-refractivity contribution in [1.29, 1.82) is 0 Å². The third-order valence-corrected chi connectivity index (χ3v) is 2.56. The number of hydrogen-bond donors (Lipinski definition) is 1. The Hall–Kier alpha value is -0.910. The van der Waals surface area contributed by atoms with Crippen molar-refractivity contribution in [2.75, 3.05) is 0 Å². The van der Waals surface area contributed by atoms with E-state index in [9.17, 15) is 4.39 Å². The fourth-order valence-electron chi connectivity index (χ4n) is 1.23. The highest BCUT2D eigenvalue weighted by atomic mass is 127. The van der Waals surface area contributed by atoms with E-state index < -0.39 is 0 Å². The Bertz CT molecular complexity index is 465. The molecule has 1 aromatic heterocycles. The lowest BCUT2D eigenvalue weighted by atomic mass is 10.2. The second-order valence-electron chi connectivity index (χ2n) is 3.04. The summed E-state index contributed by atoms with van der Waals surface area (Å²) >= 11 is 2.15. The van der Waals surface area contributed by atoms with Crippen molar-refractivity contribution >= 4 is 22.6 Å². The quantitative estimate of drug-likeness (QED) is 0.806. The van der Waals surface area contributed by atoms with E-state index >= 15 is 0 Å². The number of benzene rings is 1. The average Bonchev–Trinajstić information content (AvgIpc) is 2.56. The van der Waals surface area contributed by atoms with Crippen LogP contribution in [0.2, 0.25) is 0 Å². The largest absolute Gasteiger partial charge is 0.342 e. The fourth-order valence-corrected chi connectivity index (χ4v) is 1.72. The molecule has 2 rings (SSSR count). The molecule has 1 N–H and O–H groups in total. The number of hydrogen-bond acceptors (Lipinski definition) is 1. The van der Waals surface area contributed by atoms with Gasteiger partial charge in [0.2, 0.25) is 0 Å². The van der Waals surface area contributed by atoms with Crippen LogP contribution in [0, 0.1) is 16.3 Å². The molecular formula is C10H8FIN2. The van der Waals surface area contributed by atoms with E-state index in [0.717, 1.165) is 9.26 Å². The van der Waals surface area contributed by atoms with Gasteiger partial charge in [-0.3, -0.25) is 0 Å². The number of halogens is 2. The molecule has 0 aliphatic carbocycles. The van der Waals surface area contributed by atoms with Crippen molar-refractivity contribution < 1.29 is 4.39 Å². The molecule has 0 atom stereocenters. The maximum Gasteiger partial charge on any atom is 0.140 e. The summed E-state index contributed by atoms with van der Waals surface area (Å²) in [4.78, 5) is 7.10. The zero-order chi connectivity index (χ0) is 10.1. The first-order valence-corrected chi connectivity index (χ1v) is 5.22. The molecule has 0 bridgehead atoms. The Morgan fingerprint density at radius 1 is 1.43 bits per heavy atom. The molecule has 2 aromatic rings. The number of aryl methyl sites for hydroxylation is 1. The molecule has 72 valence electrons. The van der Waals surface area contributed by atoms with Gasteiger partial charge in [-0.2, -0.15) is 0 Å². The van der Waals surface area contributed by atoms with Gasteiger partial charge in [0.15, 0.2) is 0 Å². The number of aromatic amines is 1. The van der Waals surface area contributed by atoms with Gasteiger partial charge in [-0.05, 0) is 47.7 Å². The topological polar surface area (TPSA) is 28.7 Å². The maximum absolute atomic E-state index is 13.4. The highest BCUT2D eigenvalue weighted by molar-refractivity contribution is 14.1. The molecule has 0 unspecified atom stereocenters. The molecule has 0 saturated carbocycles. The normalized spacial score (nSPS) is 10.5. The van der Waals surface area contributed by atoms with Crippen molar-refractivity contribution in [2.24, 2.45) is 0 Å². The molecule has 0 spiro atoms. The second kappa shape index (κ2) is 3.68. The summed E-state index contributed by atoms with van der Waals surface area (Å²) in [5.74, 6) is 0.332. The van der Waals surface area contributed by atoms with E-state index in [2.05, 4.69) is 32.6 Å². The van der Waals surface area contributed by atoms with Gasteiger partial charge in [0.05, 0.1) is 5.56 Å². The highest BCUT2D eigenvalue weighted by Crippen LogP contribution is 2.21. The first-order valence-electron chi connectivity index (χ1n) is 4.14. The van der Waals surface area contributed by atoms with Crippen molar-refractivity contribution in [3.05, 3.63) is 39.5 Å². The Balaban J connectivity index is 2.55. The van der Waals surface area contributed by atoms with E-state index in [0.29, 0.717) is 11.4 Å². The lowest BCUT2D eigenvalue weighted by molar-refractivity contribution is 0.630. The van der Waals surface area contributed by atoms with E-state index in [1.807, 2.05) is 6.92 Å². The number of nitrogens with zero attached hydrogens (tertiary/aromatic N) is 1. The van der Waals surface area contributed by atoms with Gasteiger partial charge in [0.1, 0.15) is 11.6 Å². The van der Waals surface area contributed by atoms with E-state index in [-0.39, 0.29) is 5.82 Å². The zero-order valence-corrected chi connectivity index (χ0v) is 9.67. The van der Waals surface area contributed by atoms with Crippen LogP contribution in [0.5, 0.6) is 0 Å². The van der Waals surface area contributed by atoms with Crippen LogP contribution in [-0.2, 0) is 0 Å². The fraction of sp³-hybridized carbons (Fsp3) is 0.100. The van der Waals surface area contributed by atoms with Crippen LogP contribution in [0.4, 0.5) is 4.39 Å². The van der Waals surface area contributed by atoms with Crippen LogP contribution in [0.15, 0.2) is 24.4 Å². The smallest absolute Gasteiger partial charge is 0.140 e. The number of rotatable bonds is 1. The standard InChI is InChI=1S/C10H8FIN2/c1-6-5-13-10(14-6)8-4-7(12)2-3-9(8)11/h2-5H,1H3,(H,13,14). The van der Waals surface area contributed by atoms with Crippen molar-refractivity contribution in [2.45, 2.75) is 6.92 Å². The van der Waals surface area contributed by atoms with Crippen LogP contribution in [0.1, 0.15) is 5.69 Å². The molecule has 1 aromatic carbocycles. The third kappa shape index (κ3) is 1.79. The Labute approximate surface area is 94.7 Å². The van der Waals surface area contributed by atoms with Crippen molar-refractivity contribution in [3.8, 4) is 11.4 Å². The molecule has 0 saturated heterocycles. The van der Waals surface area contributed by atoms with Crippen LogP contribution in [0.25, 0.3) is 11.4 Å². The molecule has 1 heterocycles. The molecule has 2 nitrogen and oxygen atoms in total. The molecule has 0 aliphatic heterocycles. The second-order valence-corrected chi connectivity index (χ2v) is 4.28. The van der Waals surface area contributed by atoms with Gasteiger partial charge in [-0.25, -0.2) is 9.37 Å². The average molecular weight is 302 g/mol. The number of H-pyrrole nitrogens is 1. The number of imidazole rings is 1. The van der Waals surface area contributed by atoms with Crippen LogP contribution < -0.4 is 0 Å².